The zero-order valence-electron chi connectivity index (χ0n) is 17.9. The first-order chi connectivity index (χ1) is 15.6. The zero-order valence-corrected chi connectivity index (χ0v) is 19.9. The van der Waals surface area contributed by atoms with Crippen molar-refractivity contribution in [3.8, 4) is 16.9 Å². The van der Waals surface area contributed by atoms with Crippen LogP contribution in [-0.4, -0.2) is 22.5 Å². The lowest BCUT2D eigenvalue weighted by Gasteiger charge is -2.35. The van der Waals surface area contributed by atoms with Gasteiger partial charge in [-0.1, -0.05) is 91.0 Å². The fourth-order valence-electron chi connectivity index (χ4n) is 4.26. The van der Waals surface area contributed by atoms with Gasteiger partial charge in [0.1, 0.15) is 16.1 Å². The topological polar surface area (TPSA) is 61.6 Å². The Bertz CT molecular complexity index is 1180. The second-order valence-corrected chi connectivity index (χ2v) is 7.69. The molecule has 6 heteroatoms. The second kappa shape index (κ2) is 9.17. The molecule has 0 spiro atoms. The quantitative estimate of drug-likeness (QED) is 0.178. The van der Waals surface area contributed by atoms with Gasteiger partial charge >= 0.3 is 5.69 Å². The number of methoxy groups -OCH3 is 1. The minimum absolute atomic E-state index is 0.0996. The molecule has 0 heterocycles. The van der Waals surface area contributed by atoms with Gasteiger partial charge < -0.3 is 9.16 Å². The molecule has 0 saturated heterocycles. The Morgan fingerprint density at radius 3 is 1.72 bits per heavy atom. The van der Waals surface area contributed by atoms with Crippen molar-refractivity contribution in [3.05, 3.63) is 130 Å². The molecule has 4 rings (SSSR count). The van der Waals surface area contributed by atoms with Gasteiger partial charge in [0.15, 0.2) is 0 Å². The van der Waals surface area contributed by atoms with Crippen molar-refractivity contribution in [1.29, 1.82) is 0 Å². The van der Waals surface area contributed by atoms with Crippen molar-refractivity contribution in [2.45, 2.75) is 5.60 Å². The molecule has 0 fully saturated rings. The van der Waals surface area contributed by atoms with Gasteiger partial charge in [0.2, 0.25) is 5.75 Å². The Morgan fingerprint density at radius 2 is 1.28 bits per heavy atom. The summed E-state index contributed by atoms with van der Waals surface area (Å²) in [6, 6.07) is 32.4. The van der Waals surface area contributed by atoms with E-state index in [1.165, 1.54) is 7.11 Å². The van der Waals surface area contributed by atoms with Crippen molar-refractivity contribution in [2.75, 3.05) is 7.11 Å². The van der Waals surface area contributed by atoms with Crippen LogP contribution in [0.2, 0.25) is 0 Å². The van der Waals surface area contributed by atoms with Gasteiger partial charge in [-0.25, -0.2) is 0 Å². The van der Waals surface area contributed by atoms with Gasteiger partial charge in [0.25, 0.3) is 0 Å². The Hall–Kier alpha value is -3.74. The molecular formula is C26H23NO4Si. The molecule has 0 aliphatic rings. The van der Waals surface area contributed by atoms with E-state index in [-0.39, 0.29) is 16.4 Å². The lowest BCUT2D eigenvalue weighted by atomic mass is 9.79. The van der Waals surface area contributed by atoms with E-state index in [2.05, 4.69) is 0 Å². The largest absolute Gasteiger partial charge is 0.490 e. The first kappa shape index (κ1) is 21.5. The molecule has 0 saturated carbocycles. The SMILES string of the molecule is COc1c(-c2ccccc2)ccc(C(O[SiH3])(c2ccccc2)c2ccccc2)c1[N+](=O)[O-]. The molecule has 0 bridgehead atoms. The van der Waals surface area contributed by atoms with E-state index >= 15 is 0 Å². The monoisotopic (exact) mass is 441 g/mol. The van der Waals surface area contributed by atoms with Crippen LogP contribution in [0, 0.1) is 10.1 Å². The number of benzene rings is 4. The predicted octanol–water partition coefficient (Wildman–Crippen LogP) is 4.86. The molecule has 5 nitrogen and oxygen atoms in total. The average molecular weight is 442 g/mol. The van der Waals surface area contributed by atoms with Crippen LogP contribution in [0.3, 0.4) is 0 Å². The molecule has 0 N–H and O–H groups in total. The molecule has 4 aromatic rings. The molecule has 4 aromatic carbocycles. The van der Waals surface area contributed by atoms with Crippen LogP contribution in [-0.2, 0) is 10.0 Å². The first-order valence-electron chi connectivity index (χ1n) is 10.2. The number of nitro benzene ring substituents is 1. The van der Waals surface area contributed by atoms with Crippen LogP contribution in [0.25, 0.3) is 11.1 Å². The van der Waals surface area contributed by atoms with E-state index in [4.69, 9.17) is 9.16 Å². The lowest BCUT2D eigenvalue weighted by Crippen LogP contribution is -2.33. The maximum absolute atomic E-state index is 12.5. The highest BCUT2D eigenvalue weighted by Crippen LogP contribution is 2.49. The van der Waals surface area contributed by atoms with Crippen molar-refractivity contribution in [2.24, 2.45) is 0 Å². The maximum atomic E-state index is 12.5. The van der Waals surface area contributed by atoms with E-state index in [9.17, 15) is 10.1 Å². The summed E-state index contributed by atoms with van der Waals surface area (Å²) in [7, 11) is 1.82. The molecule has 0 aliphatic heterocycles. The molecule has 0 atom stereocenters. The Balaban J connectivity index is 2.10. The Labute approximate surface area is 190 Å². The highest BCUT2D eigenvalue weighted by Gasteiger charge is 2.43. The fourth-order valence-corrected chi connectivity index (χ4v) is 4.95. The summed E-state index contributed by atoms with van der Waals surface area (Å²) in [5, 5.41) is 12.5. The summed E-state index contributed by atoms with van der Waals surface area (Å²) in [4.78, 5) is 12.1. The van der Waals surface area contributed by atoms with E-state index in [1.807, 2.05) is 97.1 Å². The molecule has 160 valence electrons. The number of hydrogen-bond acceptors (Lipinski definition) is 4. The predicted molar refractivity (Wildman–Crippen MR) is 129 cm³/mol. The minimum Gasteiger partial charge on any atom is -0.490 e. The highest BCUT2D eigenvalue weighted by atomic mass is 28.2. The number of rotatable bonds is 7. The van der Waals surface area contributed by atoms with Crippen molar-refractivity contribution in [3.63, 3.8) is 0 Å². The van der Waals surface area contributed by atoms with Crippen molar-refractivity contribution < 1.29 is 14.1 Å². The van der Waals surface area contributed by atoms with Gasteiger partial charge in [-0.2, -0.15) is 0 Å². The van der Waals surface area contributed by atoms with Gasteiger partial charge in [-0.05, 0) is 28.8 Å². The molecular weight excluding hydrogens is 418 g/mol. The summed E-state index contributed by atoms with van der Waals surface area (Å²) in [6.07, 6.45) is 0. The summed E-state index contributed by atoms with van der Waals surface area (Å²) in [5.41, 5.74) is 2.34. The Kier molecular flexibility index (Phi) is 6.16. The maximum Gasteiger partial charge on any atom is 0.318 e. The Morgan fingerprint density at radius 1 is 0.781 bits per heavy atom. The van der Waals surface area contributed by atoms with Crippen LogP contribution < -0.4 is 4.74 Å². The number of nitro groups is 1. The number of hydrogen-bond donors (Lipinski definition) is 0. The van der Waals surface area contributed by atoms with Crippen LogP contribution in [0.5, 0.6) is 5.75 Å². The summed E-state index contributed by atoms with van der Waals surface area (Å²) in [5.74, 6) is 0.216. The third kappa shape index (κ3) is 3.60. The molecule has 0 radical (unpaired) electrons. The van der Waals surface area contributed by atoms with Gasteiger partial charge in [-0.15, -0.1) is 0 Å². The summed E-state index contributed by atoms with van der Waals surface area (Å²) < 4.78 is 12.0. The third-order valence-electron chi connectivity index (χ3n) is 5.65. The molecule has 0 amide bonds. The van der Waals surface area contributed by atoms with Crippen LogP contribution in [0.1, 0.15) is 16.7 Å². The number of nitrogens with zero attached hydrogens (tertiary/aromatic N) is 1. The normalized spacial score (nSPS) is 11.3. The van der Waals surface area contributed by atoms with Crippen molar-refractivity contribution >= 4 is 16.2 Å². The van der Waals surface area contributed by atoms with Crippen molar-refractivity contribution in [1.82, 2.24) is 0 Å². The molecule has 32 heavy (non-hydrogen) atoms. The lowest BCUT2D eigenvalue weighted by molar-refractivity contribution is -0.387. The second-order valence-electron chi connectivity index (χ2n) is 7.28. The summed E-state index contributed by atoms with van der Waals surface area (Å²) >= 11 is 0. The average Bonchev–Trinajstić information content (AvgIpc) is 2.86. The number of ether oxygens (including phenoxy) is 1. The van der Waals surface area contributed by atoms with E-state index in [1.54, 1.807) is 6.07 Å². The molecule has 0 aliphatic carbocycles. The molecule has 0 unspecified atom stereocenters. The first-order valence-corrected chi connectivity index (χ1v) is 11.0. The van der Waals surface area contributed by atoms with Crippen LogP contribution in [0.15, 0.2) is 103 Å². The third-order valence-corrected chi connectivity index (χ3v) is 6.26. The van der Waals surface area contributed by atoms with Gasteiger partial charge in [0.05, 0.1) is 17.6 Å². The minimum atomic E-state index is -1.14. The summed E-state index contributed by atoms with van der Waals surface area (Å²) in [6.45, 7) is 0. The van der Waals surface area contributed by atoms with Gasteiger partial charge in [0, 0.05) is 5.56 Å². The van der Waals surface area contributed by atoms with Gasteiger partial charge in [-0.3, -0.25) is 10.1 Å². The zero-order chi connectivity index (χ0) is 22.6. The van der Waals surface area contributed by atoms with E-state index in [0.29, 0.717) is 21.6 Å². The molecule has 0 aromatic heterocycles. The smallest absolute Gasteiger partial charge is 0.318 e. The standard InChI is InChI=1S/C26H23NO4Si/c1-30-25-22(19-11-5-2-6-12-19)17-18-23(24(25)27(28)29)26(31-32,20-13-7-3-8-14-20)21-15-9-4-10-16-21/h2-18H,1,32H3. The van der Waals surface area contributed by atoms with Crippen LogP contribution in [0.4, 0.5) is 5.69 Å². The highest BCUT2D eigenvalue weighted by molar-refractivity contribution is 5.99. The van der Waals surface area contributed by atoms with E-state index < -0.39 is 5.60 Å². The van der Waals surface area contributed by atoms with E-state index in [0.717, 1.165) is 16.7 Å². The van der Waals surface area contributed by atoms with Crippen LogP contribution >= 0.6 is 0 Å². The fraction of sp³-hybridized carbons (Fsp3) is 0.0769.